The van der Waals surface area contributed by atoms with E-state index >= 15 is 0 Å². The number of hydrogen-bond donors (Lipinski definition) is 0. The maximum Gasteiger partial charge on any atom is 0.222 e. The lowest BCUT2D eigenvalue weighted by Crippen LogP contribution is -2.50. The van der Waals surface area contributed by atoms with E-state index in [0.717, 1.165) is 65.2 Å². The fourth-order valence-electron chi connectivity index (χ4n) is 7.10. The molecule has 2 aliphatic heterocycles. The van der Waals surface area contributed by atoms with E-state index in [9.17, 15) is 9.59 Å². The average molecular weight is 615 g/mol. The maximum atomic E-state index is 13.1. The summed E-state index contributed by atoms with van der Waals surface area (Å²) in [7, 11) is 0. The molecule has 6 heteroatoms. The van der Waals surface area contributed by atoms with Gasteiger partial charge >= 0.3 is 0 Å². The number of unbranched alkanes of at least 4 members (excludes halogenated alkanes) is 1. The summed E-state index contributed by atoms with van der Waals surface area (Å²) in [5, 5.41) is 0. The van der Waals surface area contributed by atoms with Gasteiger partial charge in [0.05, 0.1) is 12.1 Å². The van der Waals surface area contributed by atoms with E-state index in [1.807, 2.05) is 9.80 Å². The van der Waals surface area contributed by atoms with Crippen molar-refractivity contribution in [1.82, 2.24) is 19.6 Å². The van der Waals surface area contributed by atoms with Crippen molar-refractivity contribution < 1.29 is 9.59 Å². The van der Waals surface area contributed by atoms with E-state index in [0.29, 0.717) is 12.8 Å². The molecule has 6 nitrogen and oxygen atoms in total. The van der Waals surface area contributed by atoms with Crippen LogP contribution in [-0.2, 0) is 9.59 Å². The molecule has 0 saturated carbocycles. The lowest BCUT2D eigenvalue weighted by atomic mass is 9.96. The maximum absolute atomic E-state index is 13.1. The first kappa shape index (κ1) is 31.7. The third-order valence-electron chi connectivity index (χ3n) is 9.56. The van der Waals surface area contributed by atoms with Gasteiger partial charge in [0.1, 0.15) is 0 Å². The fourth-order valence-corrected chi connectivity index (χ4v) is 7.10. The minimum Gasteiger partial charge on any atom is -0.340 e. The van der Waals surface area contributed by atoms with Crippen LogP contribution in [0.15, 0.2) is 121 Å². The van der Waals surface area contributed by atoms with Crippen molar-refractivity contribution >= 4 is 11.8 Å². The molecule has 6 rings (SSSR count). The number of nitrogens with zero attached hydrogens (tertiary/aromatic N) is 4. The van der Waals surface area contributed by atoms with Crippen LogP contribution in [-0.4, -0.2) is 83.8 Å². The second kappa shape index (κ2) is 15.8. The van der Waals surface area contributed by atoms with Crippen LogP contribution in [0.3, 0.4) is 0 Å². The zero-order chi connectivity index (χ0) is 31.6. The molecule has 238 valence electrons. The molecule has 0 radical (unpaired) electrons. The first-order valence-electron chi connectivity index (χ1n) is 16.9. The molecule has 4 aromatic rings. The molecule has 0 aliphatic carbocycles. The highest BCUT2D eigenvalue weighted by molar-refractivity contribution is 5.77. The van der Waals surface area contributed by atoms with E-state index in [4.69, 9.17) is 0 Å². The summed E-state index contributed by atoms with van der Waals surface area (Å²) in [6.07, 6.45) is 2.53. The Morgan fingerprint density at radius 3 is 0.935 bits per heavy atom. The summed E-state index contributed by atoms with van der Waals surface area (Å²) in [5.74, 6) is 0.425. The SMILES string of the molecule is O=C(CCCCC(=O)N1CCN(C(c2ccccc2)c2ccccc2)CC1)N1CCN(C(c2ccccc2)c2ccccc2)CC1. The number of rotatable bonds is 11. The minimum absolute atomic E-state index is 0.190. The van der Waals surface area contributed by atoms with Crippen LogP contribution in [0.25, 0.3) is 0 Å². The molecule has 46 heavy (non-hydrogen) atoms. The van der Waals surface area contributed by atoms with Crippen LogP contribution in [0, 0.1) is 0 Å². The number of benzene rings is 4. The summed E-state index contributed by atoms with van der Waals surface area (Å²) in [6, 6.07) is 43.0. The van der Waals surface area contributed by atoms with E-state index in [2.05, 4.69) is 131 Å². The predicted octanol–water partition coefficient (Wildman–Crippen LogP) is 6.41. The number of carbonyl (C=O) groups is 2. The third kappa shape index (κ3) is 7.93. The monoisotopic (exact) mass is 614 g/mol. The first-order valence-corrected chi connectivity index (χ1v) is 16.9. The smallest absolute Gasteiger partial charge is 0.222 e. The molecule has 0 N–H and O–H groups in total. The Labute approximate surface area is 274 Å². The van der Waals surface area contributed by atoms with Gasteiger partial charge in [0, 0.05) is 65.2 Å². The van der Waals surface area contributed by atoms with Crippen LogP contribution >= 0.6 is 0 Å². The average Bonchev–Trinajstić information content (AvgIpc) is 3.13. The van der Waals surface area contributed by atoms with Gasteiger partial charge in [-0.15, -0.1) is 0 Å². The van der Waals surface area contributed by atoms with E-state index < -0.39 is 0 Å². The van der Waals surface area contributed by atoms with Crippen LogP contribution in [0.5, 0.6) is 0 Å². The van der Waals surface area contributed by atoms with Crippen LogP contribution in [0.2, 0.25) is 0 Å². The summed E-state index contributed by atoms with van der Waals surface area (Å²) in [4.78, 5) is 35.2. The van der Waals surface area contributed by atoms with Gasteiger partial charge in [0.2, 0.25) is 11.8 Å². The molecule has 2 aliphatic rings. The zero-order valence-corrected chi connectivity index (χ0v) is 26.8. The van der Waals surface area contributed by atoms with Gasteiger partial charge in [-0.1, -0.05) is 121 Å². The standard InChI is InChI=1S/C40H46N4O2/c45-37(41-25-29-43(30-26-41)39(33-15-5-1-6-16-33)34-17-7-2-8-18-34)23-13-14-24-38(46)42-27-31-44(32-28-42)40(35-19-9-3-10-20-35)36-21-11-4-12-22-36/h1-12,15-22,39-40H,13-14,23-32H2. The topological polar surface area (TPSA) is 47.1 Å². The highest BCUT2D eigenvalue weighted by atomic mass is 16.2. The van der Waals surface area contributed by atoms with Crippen molar-refractivity contribution in [3.8, 4) is 0 Å². The largest absolute Gasteiger partial charge is 0.340 e. The quantitative estimate of drug-likeness (QED) is 0.183. The summed E-state index contributed by atoms with van der Waals surface area (Å²) in [6.45, 7) is 6.35. The van der Waals surface area contributed by atoms with Gasteiger partial charge in [-0.3, -0.25) is 19.4 Å². The van der Waals surface area contributed by atoms with Gasteiger partial charge in [0.15, 0.2) is 0 Å². The van der Waals surface area contributed by atoms with Gasteiger partial charge in [0.25, 0.3) is 0 Å². The van der Waals surface area contributed by atoms with Crippen molar-refractivity contribution in [2.45, 2.75) is 37.8 Å². The predicted molar refractivity (Wildman–Crippen MR) is 184 cm³/mol. The Balaban J connectivity index is 0.933. The zero-order valence-electron chi connectivity index (χ0n) is 26.8. The van der Waals surface area contributed by atoms with Gasteiger partial charge < -0.3 is 9.80 Å². The van der Waals surface area contributed by atoms with E-state index in [-0.39, 0.29) is 23.9 Å². The Kier molecular flexibility index (Phi) is 10.9. The van der Waals surface area contributed by atoms with Crippen LogP contribution in [0.1, 0.15) is 60.0 Å². The molecule has 0 bridgehead atoms. The molecule has 0 atom stereocenters. The fraction of sp³-hybridized carbons (Fsp3) is 0.350. The Hall–Kier alpha value is -4.26. The molecule has 4 aromatic carbocycles. The number of hydrogen-bond acceptors (Lipinski definition) is 4. The number of piperazine rings is 2. The number of carbonyl (C=O) groups excluding carboxylic acids is 2. The minimum atomic E-state index is 0.190. The molecule has 2 amide bonds. The normalized spacial score (nSPS) is 16.2. The molecule has 2 fully saturated rings. The molecular formula is C40H46N4O2. The highest BCUT2D eigenvalue weighted by Gasteiger charge is 2.29. The second-order valence-electron chi connectivity index (χ2n) is 12.5. The highest BCUT2D eigenvalue weighted by Crippen LogP contribution is 2.31. The molecule has 0 unspecified atom stereocenters. The van der Waals surface area contributed by atoms with Gasteiger partial charge in [-0.2, -0.15) is 0 Å². The van der Waals surface area contributed by atoms with Gasteiger partial charge in [-0.05, 0) is 35.1 Å². The molecule has 0 spiro atoms. The first-order chi connectivity index (χ1) is 22.7. The van der Waals surface area contributed by atoms with Crippen molar-refractivity contribution in [3.63, 3.8) is 0 Å². The van der Waals surface area contributed by atoms with Crippen molar-refractivity contribution in [1.29, 1.82) is 0 Å². The summed E-state index contributed by atoms with van der Waals surface area (Å²) in [5.41, 5.74) is 5.14. The van der Waals surface area contributed by atoms with Crippen LogP contribution in [0.4, 0.5) is 0 Å². The number of amides is 2. The van der Waals surface area contributed by atoms with Crippen LogP contribution < -0.4 is 0 Å². The van der Waals surface area contributed by atoms with E-state index in [1.165, 1.54) is 22.3 Å². The van der Waals surface area contributed by atoms with Crippen molar-refractivity contribution in [2.24, 2.45) is 0 Å². The lowest BCUT2D eigenvalue weighted by Gasteiger charge is -2.40. The molecule has 2 saturated heterocycles. The molecule has 2 heterocycles. The van der Waals surface area contributed by atoms with Crippen molar-refractivity contribution in [2.75, 3.05) is 52.4 Å². The van der Waals surface area contributed by atoms with Crippen molar-refractivity contribution in [3.05, 3.63) is 144 Å². The second-order valence-corrected chi connectivity index (χ2v) is 12.5. The Morgan fingerprint density at radius 1 is 0.413 bits per heavy atom. The third-order valence-corrected chi connectivity index (χ3v) is 9.56. The molecule has 0 aromatic heterocycles. The Morgan fingerprint density at radius 2 is 0.674 bits per heavy atom. The van der Waals surface area contributed by atoms with Gasteiger partial charge in [-0.25, -0.2) is 0 Å². The summed E-state index contributed by atoms with van der Waals surface area (Å²) >= 11 is 0. The van der Waals surface area contributed by atoms with E-state index in [1.54, 1.807) is 0 Å². The Bertz CT molecular complexity index is 1300. The molecular weight excluding hydrogens is 568 g/mol. The summed E-state index contributed by atoms with van der Waals surface area (Å²) < 4.78 is 0. The lowest BCUT2D eigenvalue weighted by molar-refractivity contribution is -0.135.